The summed E-state index contributed by atoms with van der Waals surface area (Å²) in [5, 5.41) is 3.00. The molecule has 0 saturated carbocycles. The summed E-state index contributed by atoms with van der Waals surface area (Å²) in [4.78, 5) is 16.6. The van der Waals surface area contributed by atoms with Gasteiger partial charge in [-0.05, 0) is 50.6 Å². The van der Waals surface area contributed by atoms with Crippen LogP contribution in [0.3, 0.4) is 0 Å². The van der Waals surface area contributed by atoms with E-state index in [2.05, 4.69) is 22.2 Å². The molecule has 2 aliphatic heterocycles. The van der Waals surface area contributed by atoms with E-state index in [1.165, 1.54) is 12.1 Å². The molecule has 0 aromatic heterocycles. The first-order chi connectivity index (χ1) is 12.1. The molecule has 0 aliphatic carbocycles. The lowest BCUT2D eigenvalue weighted by atomic mass is 9.86. The lowest BCUT2D eigenvalue weighted by Crippen LogP contribution is -2.61. The third-order valence-electron chi connectivity index (χ3n) is 5.51. The number of amides is 1. The Morgan fingerprint density at radius 2 is 2.04 bits per heavy atom. The van der Waals surface area contributed by atoms with E-state index in [1.807, 2.05) is 0 Å². The number of nitrogens with one attached hydrogen (secondary N) is 1. The van der Waals surface area contributed by atoms with E-state index >= 15 is 0 Å². The predicted molar refractivity (Wildman–Crippen MR) is 95.2 cm³/mol. The van der Waals surface area contributed by atoms with E-state index in [4.69, 9.17) is 4.74 Å². The molecule has 2 heterocycles. The van der Waals surface area contributed by atoms with Crippen molar-refractivity contribution in [2.24, 2.45) is 0 Å². The summed E-state index contributed by atoms with van der Waals surface area (Å²) in [6.45, 7) is 5.48. The Morgan fingerprint density at radius 1 is 1.24 bits per heavy atom. The van der Waals surface area contributed by atoms with Gasteiger partial charge >= 0.3 is 0 Å². The standard InChI is InChI=1S/C19H28FN3O2/c1-22-12-13-23(15-19(22)8-7-18(24)21-10-9-19)11-2-14-25-17-5-3-16(20)4-6-17/h3-6H,2,7-15H2,1H3,(H,21,24)/t19-/m0/s1. The number of benzene rings is 1. The number of carbonyl (C=O) groups is 1. The Labute approximate surface area is 149 Å². The summed E-state index contributed by atoms with van der Waals surface area (Å²) in [5.41, 5.74) is 0.106. The number of piperazine rings is 1. The molecule has 0 bridgehead atoms. The van der Waals surface area contributed by atoms with Crippen molar-refractivity contribution >= 4 is 5.91 Å². The normalized spacial score (nSPS) is 25.6. The molecular formula is C19H28FN3O2. The molecule has 5 nitrogen and oxygen atoms in total. The van der Waals surface area contributed by atoms with Crippen LogP contribution in [0.25, 0.3) is 0 Å². The molecule has 0 radical (unpaired) electrons. The lowest BCUT2D eigenvalue weighted by molar-refractivity contribution is -0.121. The van der Waals surface area contributed by atoms with Gasteiger partial charge in [-0.2, -0.15) is 0 Å². The molecule has 138 valence electrons. The number of ether oxygens (including phenoxy) is 1. The molecule has 1 amide bonds. The molecule has 6 heteroatoms. The van der Waals surface area contributed by atoms with Gasteiger partial charge in [-0.1, -0.05) is 0 Å². The third-order valence-corrected chi connectivity index (χ3v) is 5.51. The van der Waals surface area contributed by atoms with Crippen LogP contribution >= 0.6 is 0 Å². The number of rotatable bonds is 5. The van der Waals surface area contributed by atoms with Gasteiger partial charge in [0.25, 0.3) is 0 Å². The van der Waals surface area contributed by atoms with Crippen molar-refractivity contribution in [3.8, 4) is 5.75 Å². The number of hydrogen-bond acceptors (Lipinski definition) is 4. The SMILES string of the molecule is CN1CCN(CCCOc2ccc(F)cc2)C[C@]12CCNC(=O)CC2. The molecule has 1 aromatic rings. The monoisotopic (exact) mass is 349 g/mol. The largest absolute Gasteiger partial charge is 0.494 e. The van der Waals surface area contributed by atoms with Crippen LogP contribution in [0.4, 0.5) is 4.39 Å². The van der Waals surface area contributed by atoms with Crippen LogP contribution in [0, 0.1) is 5.82 Å². The first kappa shape index (κ1) is 18.1. The maximum absolute atomic E-state index is 12.9. The summed E-state index contributed by atoms with van der Waals surface area (Å²) in [6.07, 6.45) is 3.50. The van der Waals surface area contributed by atoms with Crippen LogP contribution in [-0.2, 0) is 4.79 Å². The van der Waals surface area contributed by atoms with Crippen LogP contribution in [-0.4, -0.2) is 67.6 Å². The number of halogens is 1. The number of likely N-dealkylation sites (N-methyl/N-ethyl adjacent to an activating group) is 1. The first-order valence-electron chi connectivity index (χ1n) is 9.16. The van der Waals surface area contributed by atoms with Gasteiger partial charge in [-0.3, -0.25) is 9.69 Å². The quantitative estimate of drug-likeness (QED) is 0.825. The minimum Gasteiger partial charge on any atom is -0.494 e. The molecule has 2 aliphatic rings. The van der Waals surface area contributed by atoms with Gasteiger partial charge < -0.3 is 15.0 Å². The highest BCUT2D eigenvalue weighted by Crippen LogP contribution is 2.30. The average Bonchev–Trinajstić information content (AvgIpc) is 2.79. The van der Waals surface area contributed by atoms with Crippen molar-refractivity contribution < 1.29 is 13.9 Å². The zero-order valence-corrected chi connectivity index (χ0v) is 15.0. The van der Waals surface area contributed by atoms with E-state index in [0.717, 1.165) is 52.0 Å². The van der Waals surface area contributed by atoms with E-state index in [1.54, 1.807) is 12.1 Å². The van der Waals surface area contributed by atoms with Gasteiger partial charge in [-0.25, -0.2) is 4.39 Å². The van der Waals surface area contributed by atoms with Gasteiger partial charge in [0, 0.05) is 44.7 Å². The molecule has 3 rings (SSSR count). The molecule has 1 N–H and O–H groups in total. The highest BCUT2D eigenvalue weighted by atomic mass is 19.1. The number of carbonyl (C=O) groups excluding carboxylic acids is 1. The van der Waals surface area contributed by atoms with Crippen molar-refractivity contribution in [2.45, 2.75) is 31.2 Å². The van der Waals surface area contributed by atoms with E-state index in [0.29, 0.717) is 18.8 Å². The minimum absolute atomic E-state index is 0.106. The lowest BCUT2D eigenvalue weighted by Gasteiger charge is -2.49. The second-order valence-electron chi connectivity index (χ2n) is 7.18. The Balaban J connectivity index is 1.46. The van der Waals surface area contributed by atoms with Gasteiger partial charge in [0.2, 0.25) is 5.91 Å². The van der Waals surface area contributed by atoms with E-state index in [-0.39, 0.29) is 17.3 Å². The molecular weight excluding hydrogens is 321 g/mol. The zero-order valence-electron chi connectivity index (χ0n) is 15.0. The van der Waals surface area contributed by atoms with Crippen LogP contribution in [0.2, 0.25) is 0 Å². The summed E-state index contributed by atoms with van der Waals surface area (Å²) >= 11 is 0. The summed E-state index contributed by atoms with van der Waals surface area (Å²) in [5.74, 6) is 0.645. The Hall–Kier alpha value is -1.66. The second kappa shape index (κ2) is 8.15. The van der Waals surface area contributed by atoms with E-state index < -0.39 is 0 Å². The van der Waals surface area contributed by atoms with Crippen molar-refractivity contribution in [3.05, 3.63) is 30.1 Å². The van der Waals surface area contributed by atoms with Crippen molar-refractivity contribution in [3.63, 3.8) is 0 Å². The Morgan fingerprint density at radius 3 is 2.84 bits per heavy atom. The molecule has 1 atom stereocenters. The predicted octanol–water partition coefficient (Wildman–Crippen LogP) is 1.88. The highest BCUT2D eigenvalue weighted by Gasteiger charge is 2.40. The van der Waals surface area contributed by atoms with Gasteiger partial charge in [-0.15, -0.1) is 0 Å². The fraction of sp³-hybridized carbons (Fsp3) is 0.632. The van der Waals surface area contributed by atoms with Crippen LogP contribution in [0.1, 0.15) is 25.7 Å². The van der Waals surface area contributed by atoms with Crippen molar-refractivity contribution in [1.82, 2.24) is 15.1 Å². The van der Waals surface area contributed by atoms with Crippen molar-refractivity contribution in [2.75, 3.05) is 46.4 Å². The van der Waals surface area contributed by atoms with E-state index in [9.17, 15) is 9.18 Å². The van der Waals surface area contributed by atoms with Crippen LogP contribution in [0.5, 0.6) is 5.75 Å². The number of nitrogens with zero attached hydrogens (tertiary/aromatic N) is 2. The molecule has 2 fully saturated rings. The first-order valence-corrected chi connectivity index (χ1v) is 9.16. The molecule has 1 aromatic carbocycles. The third kappa shape index (κ3) is 4.70. The highest BCUT2D eigenvalue weighted by molar-refractivity contribution is 5.76. The van der Waals surface area contributed by atoms with Gasteiger partial charge in [0.1, 0.15) is 11.6 Å². The maximum Gasteiger partial charge on any atom is 0.220 e. The summed E-state index contributed by atoms with van der Waals surface area (Å²) < 4.78 is 18.6. The summed E-state index contributed by atoms with van der Waals surface area (Å²) in [6, 6.07) is 6.16. The van der Waals surface area contributed by atoms with Gasteiger partial charge in [0.05, 0.1) is 6.61 Å². The second-order valence-corrected chi connectivity index (χ2v) is 7.18. The summed E-state index contributed by atoms with van der Waals surface area (Å²) in [7, 11) is 2.19. The van der Waals surface area contributed by atoms with Gasteiger partial charge in [0.15, 0.2) is 0 Å². The zero-order chi connectivity index (χ0) is 17.7. The minimum atomic E-state index is -0.244. The Bertz CT molecular complexity index is 581. The molecule has 25 heavy (non-hydrogen) atoms. The molecule has 0 unspecified atom stereocenters. The maximum atomic E-state index is 12.9. The Kier molecular flexibility index (Phi) is 5.91. The topological polar surface area (TPSA) is 44.8 Å². The molecule has 2 saturated heterocycles. The fourth-order valence-corrected chi connectivity index (χ4v) is 3.88. The fourth-order valence-electron chi connectivity index (χ4n) is 3.88. The van der Waals surface area contributed by atoms with Crippen LogP contribution < -0.4 is 10.1 Å². The van der Waals surface area contributed by atoms with Crippen molar-refractivity contribution in [1.29, 1.82) is 0 Å². The van der Waals surface area contributed by atoms with Crippen LogP contribution in [0.15, 0.2) is 24.3 Å². The molecule has 1 spiro atoms. The average molecular weight is 349 g/mol. The number of hydrogen-bond donors (Lipinski definition) is 1. The smallest absolute Gasteiger partial charge is 0.220 e.